The number of esters is 1. The van der Waals surface area contributed by atoms with Gasteiger partial charge in [-0.15, -0.1) is 0 Å². The predicted octanol–water partition coefficient (Wildman–Crippen LogP) is 4.87. The van der Waals surface area contributed by atoms with Crippen LogP contribution in [0.2, 0.25) is 5.02 Å². The maximum atomic E-state index is 14.0. The number of fused-ring (bicyclic) bond motifs is 3. The quantitative estimate of drug-likeness (QED) is 0.336. The second kappa shape index (κ2) is 11.1. The van der Waals surface area contributed by atoms with Crippen LogP contribution in [0, 0.1) is 0 Å². The third-order valence-electron chi connectivity index (χ3n) is 7.20. The van der Waals surface area contributed by atoms with Gasteiger partial charge in [0.15, 0.2) is 0 Å². The molecule has 1 N–H and O–H groups in total. The summed E-state index contributed by atoms with van der Waals surface area (Å²) in [5.41, 5.74) is 1.56. The van der Waals surface area contributed by atoms with Crippen molar-refractivity contribution < 1.29 is 19.1 Å². The van der Waals surface area contributed by atoms with E-state index in [1.165, 1.54) is 11.7 Å². The molecule has 0 aliphatic carbocycles. The number of alkyl carbamates (subject to hydrolysis) is 1. The fourth-order valence-corrected chi connectivity index (χ4v) is 5.61. The highest BCUT2D eigenvalue weighted by Gasteiger charge is 2.29. The molecule has 11 heteroatoms. The van der Waals surface area contributed by atoms with Crippen molar-refractivity contribution in [2.24, 2.45) is 7.05 Å². The molecule has 2 aromatic heterocycles. The van der Waals surface area contributed by atoms with Gasteiger partial charge in [-0.05, 0) is 51.3 Å². The van der Waals surface area contributed by atoms with Crippen LogP contribution in [-0.2, 0) is 23.1 Å². The van der Waals surface area contributed by atoms with Gasteiger partial charge in [-0.3, -0.25) is 4.79 Å². The lowest BCUT2D eigenvalue weighted by atomic mass is 10.1. The zero-order valence-corrected chi connectivity index (χ0v) is 24.6. The van der Waals surface area contributed by atoms with Crippen molar-refractivity contribution in [1.29, 1.82) is 0 Å². The number of aryl methyl sites for hydroxylation is 1. The number of nitrogens with one attached hydrogen (secondary N) is 1. The number of rotatable bonds is 5. The number of hydrogen-bond acceptors (Lipinski definition) is 7. The number of methoxy groups -OCH3 is 1. The number of imidazole rings is 1. The molecule has 5 rings (SSSR count). The van der Waals surface area contributed by atoms with Gasteiger partial charge in [-0.2, -0.15) is 0 Å². The summed E-state index contributed by atoms with van der Waals surface area (Å²) in [6.45, 7) is 6.96. The van der Waals surface area contributed by atoms with Crippen molar-refractivity contribution in [1.82, 2.24) is 19.4 Å². The second-order valence-corrected chi connectivity index (χ2v) is 11.7. The van der Waals surface area contributed by atoms with E-state index in [0.29, 0.717) is 52.5 Å². The van der Waals surface area contributed by atoms with Gasteiger partial charge in [-0.1, -0.05) is 41.9 Å². The summed E-state index contributed by atoms with van der Waals surface area (Å²) in [6, 6.07) is 12.6. The van der Waals surface area contributed by atoms with Crippen LogP contribution in [0.5, 0.6) is 0 Å². The lowest BCUT2D eigenvalue weighted by molar-refractivity contribution is 0.0498. The van der Waals surface area contributed by atoms with Crippen molar-refractivity contribution in [3.63, 3.8) is 0 Å². The minimum atomic E-state index is -0.606. The molecule has 0 radical (unpaired) electrons. The number of benzene rings is 2. The molecule has 41 heavy (non-hydrogen) atoms. The van der Waals surface area contributed by atoms with Gasteiger partial charge in [0.1, 0.15) is 16.6 Å². The Bertz CT molecular complexity index is 1700. The van der Waals surface area contributed by atoms with E-state index >= 15 is 0 Å². The normalized spacial score (nSPS) is 15.8. The highest BCUT2D eigenvalue weighted by molar-refractivity contribution is 6.31. The Morgan fingerprint density at radius 3 is 2.59 bits per heavy atom. The van der Waals surface area contributed by atoms with Gasteiger partial charge in [-0.25, -0.2) is 14.6 Å². The molecule has 1 aliphatic rings. The number of aromatic nitrogens is 3. The number of para-hydroxylation sites is 1. The van der Waals surface area contributed by atoms with Gasteiger partial charge in [0.25, 0.3) is 5.56 Å². The number of nitrogens with zero attached hydrogens (tertiary/aromatic N) is 4. The summed E-state index contributed by atoms with van der Waals surface area (Å²) in [7, 11) is 2.96. The van der Waals surface area contributed by atoms with E-state index in [4.69, 9.17) is 26.1 Å². The first kappa shape index (κ1) is 28.5. The monoisotopic (exact) mass is 579 g/mol. The molecule has 0 unspecified atom stereocenters. The molecule has 4 aromatic rings. The van der Waals surface area contributed by atoms with Crippen LogP contribution in [0.15, 0.2) is 47.3 Å². The van der Waals surface area contributed by atoms with E-state index in [0.717, 1.165) is 18.4 Å². The van der Waals surface area contributed by atoms with Crippen LogP contribution >= 0.6 is 11.6 Å². The van der Waals surface area contributed by atoms with Gasteiger partial charge in [0.05, 0.1) is 24.7 Å². The predicted molar refractivity (Wildman–Crippen MR) is 159 cm³/mol. The summed E-state index contributed by atoms with van der Waals surface area (Å²) in [5, 5.41) is 4.22. The second-order valence-electron chi connectivity index (χ2n) is 11.3. The van der Waals surface area contributed by atoms with Gasteiger partial charge >= 0.3 is 12.1 Å². The van der Waals surface area contributed by atoms with E-state index in [1.54, 1.807) is 19.2 Å². The van der Waals surface area contributed by atoms with Crippen molar-refractivity contribution in [2.75, 3.05) is 25.1 Å². The Morgan fingerprint density at radius 2 is 1.88 bits per heavy atom. The zero-order valence-electron chi connectivity index (χ0n) is 23.9. The maximum Gasteiger partial charge on any atom is 0.407 e. The Kier molecular flexibility index (Phi) is 7.70. The summed E-state index contributed by atoms with van der Waals surface area (Å²) in [6.07, 6.45) is 1.12. The summed E-state index contributed by atoms with van der Waals surface area (Å²) >= 11 is 6.56. The van der Waals surface area contributed by atoms with E-state index in [-0.39, 0.29) is 17.2 Å². The summed E-state index contributed by atoms with van der Waals surface area (Å²) < 4.78 is 13.8. The van der Waals surface area contributed by atoms with E-state index < -0.39 is 17.7 Å². The largest absolute Gasteiger partial charge is 0.465 e. The minimum absolute atomic E-state index is 0.169. The molecule has 1 saturated heterocycles. The molecule has 216 valence electrons. The van der Waals surface area contributed by atoms with Crippen LogP contribution in [0.25, 0.3) is 21.9 Å². The van der Waals surface area contributed by atoms with E-state index in [9.17, 15) is 14.4 Å². The molecular weight excluding hydrogens is 546 g/mol. The number of anilines is 1. The summed E-state index contributed by atoms with van der Waals surface area (Å²) in [5.74, 6) is 0.0523. The lowest BCUT2D eigenvalue weighted by Gasteiger charge is -2.34. The number of piperidine rings is 1. The first-order valence-corrected chi connectivity index (χ1v) is 13.9. The van der Waals surface area contributed by atoms with Crippen LogP contribution in [-0.4, -0.2) is 58.0 Å². The highest BCUT2D eigenvalue weighted by Crippen LogP contribution is 2.31. The first-order valence-electron chi connectivity index (χ1n) is 13.6. The van der Waals surface area contributed by atoms with Crippen molar-refractivity contribution in [3.05, 3.63) is 69.0 Å². The Morgan fingerprint density at radius 1 is 1.12 bits per heavy atom. The third-order valence-corrected chi connectivity index (χ3v) is 7.57. The van der Waals surface area contributed by atoms with Gasteiger partial charge in [0.2, 0.25) is 5.95 Å². The number of carbonyl (C=O) groups excluding carboxylic acids is 2. The van der Waals surface area contributed by atoms with Crippen molar-refractivity contribution in [3.8, 4) is 0 Å². The number of amides is 1. The molecule has 2 aromatic carbocycles. The first-order chi connectivity index (χ1) is 19.5. The molecule has 1 fully saturated rings. The van der Waals surface area contributed by atoms with Gasteiger partial charge < -0.3 is 28.8 Å². The number of hydrogen-bond donors (Lipinski definition) is 1. The molecule has 3 heterocycles. The Labute approximate surface area is 242 Å². The Balaban J connectivity index is 1.66. The molecule has 1 amide bonds. The third kappa shape index (κ3) is 5.61. The fourth-order valence-electron chi connectivity index (χ4n) is 5.42. The average Bonchev–Trinajstić information content (AvgIpc) is 3.30. The van der Waals surface area contributed by atoms with Crippen LogP contribution in [0.4, 0.5) is 10.7 Å². The van der Waals surface area contributed by atoms with E-state index in [1.807, 2.05) is 55.7 Å². The average molecular weight is 580 g/mol. The molecule has 10 nitrogen and oxygen atoms in total. The number of pyridine rings is 1. The molecule has 1 aliphatic heterocycles. The topological polar surface area (TPSA) is 108 Å². The maximum absolute atomic E-state index is 14.0. The Hall–Kier alpha value is -4.05. The van der Waals surface area contributed by atoms with Crippen molar-refractivity contribution in [2.45, 2.75) is 51.8 Å². The van der Waals surface area contributed by atoms with Crippen molar-refractivity contribution >= 4 is 51.5 Å². The lowest BCUT2D eigenvalue weighted by Crippen LogP contribution is -2.49. The van der Waals surface area contributed by atoms with Crippen LogP contribution < -0.4 is 15.8 Å². The van der Waals surface area contributed by atoms with Crippen LogP contribution in [0.1, 0.15) is 49.5 Å². The number of halogens is 1. The molecular formula is C30H34ClN5O5. The smallest absolute Gasteiger partial charge is 0.407 e. The SMILES string of the molecule is COC(=O)c1cccc2c3nc(N4CCC[C@@H](NC(=O)OC(C)(C)C)C4)n(Cc4ccccc4Cl)c3c(=O)n(C)c12. The number of ether oxygens (including phenoxy) is 2. The molecule has 0 spiro atoms. The molecule has 1 atom stereocenters. The zero-order chi connectivity index (χ0) is 29.5. The number of carbonyl (C=O) groups is 2. The molecule has 0 bridgehead atoms. The fraction of sp³-hybridized carbons (Fsp3) is 0.400. The minimum Gasteiger partial charge on any atom is -0.465 e. The van der Waals surface area contributed by atoms with E-state index in [2.05, 4.69) is 10.2 Å². The summed E-state index contributed by atoms with van der Waals surface area (Å²) in [4.78, 5) is 46.2. The van der Waals surface area contributed by atoms with Crippen LogP contribution in [0.3, 0.4) is 0 Å². The standard InChI is InChI=1S/C30H34ClN5O5/c1-30(2,3)41-29(39)32-19-11-9-15-35(17-19)28-33-23-20-12-8-13-21(27(38)40-5)24(20)34(4)26(37)25(23)36(28)16-18-10-6-7-14-22(18)31/h6-8,10,12-14,19H,9,11,15-17H2,1-5H3,(H,32,39)/t19-/m1/s1. The molecule has 0 saturated carbocycles. The highest BCUT2D eigenvalue weighted by atomic mass is 35.5. The van der Waals surface area contributed by atoms with Gasteiger partial charge in [0, 0.05) is 36.6 Å².